The number of phenolic OH excluding ortho intramolecular Hbond substituents is 1. The third-order valence-corrected chi connectivity index (χ3v) is 12.6. The Labute approximate surface area is 315 Å². The number of pyridine rings is 1. The van der Waals surface area contributed by atoms with Gasteiger partial charge in [-0.25, -0.2) is 4.79 Å². The molecular weight excluding hydrogens is 739 g/mol. The summed E-state index contributed by atoms with van der Waals surface area (Å²) in [6, 6.07) is 6.88. The van der Waals surface area contributed by atoms with Crippen LogP contribution in [0.15, 0.2) is 65.5 Å². The molecule has 10 nitrogen and oxygen atoms in total. The fourth-order valence-corrected chi connectivity index (χ4v) is 8.83. The number of phenols is 1. The maximum Gasteiger partial charge on any atom is 0.411 e. The summed E-state index contributed by atoms with van der Waals surface area (Å²) in [4.78, 5) is 48.2. The van der Waals surface area contributed by atoms with E-state index in [9.17, 15) is 24.6 Å². The number of rotatable bonds is 8. The van der Waals surface area contributed by atoms with Crippen molar-refractivity contribution in [3.8, 4) is 29.4 Å². The molecule has 0 saturated heterocycles. The van der Waals surface area contributed by atoms with E-state index >= 15 is 0 Å². The Morgan fingerprint density at radius 2 is 1.94 bits per heavy atom. The minimum absolute atomic E-state index is 0.0831. The van der Waals surface area contributed by atoms with Crippen LogP contribution in [0.3, 0.4) is 0 Å². The number of carbonyl (C=O) groups is 3. The van der Waals surface area contributed by atoms with Gasteiger partial charge >= 0.3 is 6.09 Å². The lowest BCUT2D eigenvalue weighted by Crippen LogP contribution is -2.43. The first kappa shape index (κ1) is 37.7. The third-order valence-electron chi connectivity index (χ3n) is 9.60. The van der Waals surface area contributed by atoms with E-state index in [1.807, 2.05) is 12.3 Å². The van der Waals surface area contributed by atoms with Gasteiger partial charge in [0.15, 0.2) is 11.6 Å². The highest BCUT2D eigenvalue weighted by molar-refractivity contribution is 8.56. The van der Waals surface area contributed by atoms with Gasteiger partial charge in [-0.2, -0.15) is 11.8 Å². The van der Waals surface area contributed by atoms with Gasteiger partial charge in [0, 0.05) is 40.2 Å². The summed E-state index contributed by atoms with van der Waals surface area (Å²) < 4.78 is 10.8. The lowest BCUT2D eigenvalue weighted by atomic mass is 9.81. The van der Waals surface area contributed by atoms with E-state index in [1.165, 1.54) is 18.9 Å². The van der Waals surface area contributed by atoms with E-state index in [0.717, 1.165) is 16.3 Å². The van der Waals surface area contributed by atoms with Crippen LogP contribution < -0.4 is 5.32 Å². The van der Waals surface area contributed by atoms with Crippen LogP contribution in [0.25, 0.3) is 21.8 Å². The summed E-state index contributed by atoms with van der Waals surface area (Å²) in [5.41, 5.74) is 2.37. The van der Waals surface area contributed by atoms with Crippen molar-refractivity contribution in [2.75, 3.05) is 25.4 Å². The second-order valence-electron chi connectivity index (χ2n) is 12.9. The van der Waals surface area contributed by atoms with Crippen LogP contribution in [-0.2, 0) is 43.8 Å². The van der Waals surface area contributed by atoms with Crippen molar-refractivity contribution < 1.29 is 34.1 Å². The number of hydrogen-bond donors (Lipinski definition) is 4. The second-order valence-corrected chi connectivity index (χ2v) is 21.4. The van der Waals surface area contributed by atoms with Gasteiger partial charge in [0.1, 0.15) is 17.5 Å². The van der Waals surface area contributed by atoms with Crippen molar-refractivity contribution in [3.05, 3.63) is 71.2 Å². The number of methoxy groups -OCH3 is 1. The molecule has 3 aliphatic carbocycles. The predicted molar refractivity (Wildman–Crippen MR) is 210 cm³/mol. The number of H-pyrrole nitrogens is 1. The molecule has 1 amide bonds. The van der Waals surface area contributed by atoms with Gasteiger partial charge in [-0.3, -0.25) is 19.9 Å². The molecule has 1 aromatic carbocycles. The van der Waals surface area contributed by atoms with Crippen LogP contribution in [0.5, 0.6) is 5.75 Å². The highest BCUT2D eigenvalue weighted by Gasteiger charge is 2.45. The number of nitrogens with one attached hydrogen (secondary N) is 2. The summed E-state index contributed by atoms with van der Waals surface area (Å²) in [5.74, 6) is 11.1. The fraction of sp³-hybridized carbons (Fsp3) is 0.368. The summed E-state index contributed by atoms with van der Waals surface area (Å²) in [6.45, 7) is 0. The maximum atomic E-state index is 14.4. The van der Waals surface area contributed by atoms with E-state index in [2.05, 4.69) is 39.0 Å². The minimum atomic E-state index is -1.87. The van der Waals surface area contributed by atoms with E-state index in [-0.39, 0.29) is 35.3 Å². The van der Waals surface area contributed by atoms with Crippen molar-refractivity contribution in [2.45, 2.75) is 55.2 Å². The molecule has 1 unspecified atom stereocenters. The van der Waals surface area contributed by atoms with E-state index < -0.39 is 41.9 Å². The quantitative estimate of drug-likeness (QED) is 0.142. The summed E-state index contributed by atoms with van der Waals surface area (Å²) in [5, 5.41) is 25.7. The van der Waals surface area contributed by atoms with Gasteiger partial charge in [0.25, 0.3) is 0 Å². The number of fused-ring (bicyclic) bond motifs is 4. The van der Waals surface area contributed by atoms with E-state index in [1.54, 1.807) is 48.9 Å². The first-order valence-electron chi connectivity index (χ1n) is 16.5. The molecule has 0 radical (unpaired) electrons. The number of alkyl carbamates (subject to hydrolysis) is 1. The number of carbonyl (C=O) groups excluding carboxylic acids is 3. The Kier molecular flexibility index (Phi) is 11.3. The molecule has 6 rings (SSSR count). The van der Waals surface area contributed by atoms with Crippen molar-refractivity contribution in [1.29, 1.82) is 0 Å². The molecule has 4 N–H and O–H groups in total. The normalized spacial score (nSPS) is 26.2. The number of ether oxygens (including phenoxy) is 2. The number of aliphatic hydroxyl groups is 1. The zero-order chi connectivity index (χ0) is 37.2. The van der Waals surface area contributed by atoms with Gasteiger partial charge < -0.3 is 24.7 Å². The van der Waals surface area contributed by atoms with Crippen molar-refractivity contribution in [2.24, 2.45) is 5.92 Å². The first-order chi connectivity index (χ1) is 24.8. The standard InChI is InChI=1S/C38H37N3O7S4/c1-47-37(46)41-33-26-8-6-4-5-7-9-31(32(26)25(15-19-52(3,49)50)29(43)21-30(33)44)48-23-12-16-38(51-2,17-13-23)36(45)35-34-24(14-18-39-35)27-20-22(42)10-11-28(27)40-34/h4-5,10-11,14-15,18,20,23,29,31-32,40,42-43H,12-13,16-17,19,21H2,1-3H3,(H,41,46)/b5-4-,25-15-/t23?,29-,31-,32?,38?/m0/s1. The Balaban J connectivity index is 1.33. The number of aromatic nitrogens is 2. The summed E-state index contributed by atoms with van der Waals surface area (Å²) >= 11 is 12.6. The summed E-state index contributed by atoms with van der Waals surface area (Å²) in [6.07, 6.45) is 8.63. The number of benzene rings is 1. The molecule has 14 heteroatoms. The van der Waals surface area contributed by atoms with Crippen LogP contribution in [0.1, 0.15) is 42.6 Å². The van der Waals surface area contributed by atoms with Crippen molar-refractivity contribution >= 4 is 80.8 Å². The number of amides is 1. The molecular formula is C38H37N3O7S4. The molecule has 0 spiro atoms. The molecule has 2 heterocycles. The van der Waals surface area contributed by atoms with Crippen LogP contribution in [-0.4, -0.2) is 86.3 Å². The van der Waals surface area contributed by atoms with Crippen molar-refractivity contribution in [1.82, 2.24) is 15.3 Å². The van der Waals surface area contributed by atoms with Crippen LogP contribution >= 0.6 is 11.8 Å². The van der Waals surface area contributed by atoms with Gasteiger partial charge in [-0.1, -0.05) is 36.9 Å². The van der Waals surface area contributed by atoms with E-state index in [4.69, 9.17) is 31.8 Å². The number of Topliss-reactive ketones (excluding diaryl/α,β-unsaturated/α-hetero) is 2. The Morgan fingerprint density at radius 1 is 1.19 bits per heavy atom. The molecule has 2 aromatic heterocycles. The molecule has 52 heavy (non-hydrogen) atoms. The van der Waals surface area contributed by atoms with Gasteiger partial charge in [0.05, 0.1) is 41.2 Å². The topological polar surface area (TPSA) is 151 Å². The number of aromatic hydroxyl groups is 1. The Bertz CT molecular complexity index is 2300. The lowest BCUT2D eigenvalue weighted by Gasteiger charge is -2.39. The SMILES string of the molecule is COC(=O)NC1=C2C#C/C=C\C#C[C@H](OC3CCC(SC)(C(=O)c4nccc5c4[nH]c4ccc(O)cc45)CC3)C2/C(=C\CS(C)(=S)=S)[C@@H](O)CC1=O. The monoisotopic (exact) mass is 775 g/mol. The molecule has 3 atom stereocenters. The maximum absolute atomic E-state index is 14.4. The highest BCUT2D eigenvalue weighted by atomic mass is 33.1. The fourth-order valence-electron chi connectivity index (χ4n) is 7.00. The molecule has 3 aliphatic rings. The van der Waals surface area contributed by atoms with Gasteiger partial charge in [-0.05, 0) is 103 Å². The van der Waals surface area contributed by atoms with Crippen molar-refractivity contribution in [3.63, 3.8) is 0 Å². The minimum Gasteiger partial charge on any atom is -0.508 e. The van der Waals surface area contributed by atoms with Crippen LogP contribution in [0, 0.1) is 29.6 Å². The Morgan fingerprint density at radius 3 is 2.65 bits per heavy atom. The number of nitrogens with zero attached hydrogens (tertiary/aromatic N) is 1. The van der Waals surface area contributed by atoms with Crippen LogP contribution in [0.2, 0.25) is 0 Å². The largest absolute Gasteiger partial charge is 0.508 e. The zero-order valence-corrected chi connectivity index (χ0v) is 32.0. The number of thioether (sulfide) groups is 1. The van der Waals surface area contributed by atoms with E-state index in [0.29, 0.717) is 48.2 Å². The van der Waals surface area contributed by atoms with Gasteiger partial charge in [0.2, 0.25) is 0 Å². The molecule has 3 aromatic rings. The Hall–Kier alpha value is -4.02. The molecule has 270 valence electrons. The first-order valence-corrected chi connectivity index (χ1v) is 21.8. The van der Waals surface area contributed by atoms with Gasteiger partial charge in [-0.15, -0.1) is 0 Å². The number of aromatic amines is 1. The number of hydrogen-bond acceptors (Lipinski definition) is 11. The number of allylic oxidation sites excluding steroid dienone is 3. The second kappa shape index (κ2) is 15.5. The molecule has 1 fully saturated rings. The average molecular weight is 776 g/mol. The average Bonchev–Trinajstić information content (AvgIpc) is 3.49. The molecule has 0 bridgehead atoms. The predicted octanol–water partition coefficient (Wildman–Crippen LogP) is 4.80. The highest BCUT2D eigenvalue weighted by Crippen LogP contribution is 2.44. The summed E-state index contributed by atoms with van der Waals surface area (Å²) in [7, 11) is -0.685. The molecule has 0 aliphatic heterocycles. The van der Waals surface area contributed by atoms with Crippen LogP contribution in [0.4, 0.5) is 4.79 Å². The number of ketones is 2. The number of aliphatic hydroxyl groups excluding tert-OH is 1. The molecule has 1 saturated carbocycles. The lowest BCUT2D eigenvalue weighted by molar-refractivity contribution is -0.117. The zero-order valence-electron chi connectivity index (χ0n) is 28.7. The smallest absolute Gasteiger partial charge is 0.411 e. The third kappa shape index (κ3) is 7.83.